The van der Waals surface area contributed by atoms with Crippen molar-refractivity contribution in [3.8, 4) is 0 Å². The summed E-state index contributed by atoms with van der Waals surface area (Å²) >= 11 is 0. The van der Waals surface area contributed by atoms with Gasteiger partial charge in [0.15, 0.2) is 5.69 Å². The fourth-order valence-electron chi connectivity index (χ4n) is 2.69. The van der Waals surface area contributed by atoms with E-state index < -0.39 is 42.7 Å². The summed E-state index contributed by atoms with van der Waals surface area (Å²) in [6.07, 6.45) is 0.939. The summed E-state index contributed by atoms with van der Waals surface area (Å²) in [4.78, 5) is 21.9. The number of hydrogen-bond acceptors (Lipinski definition) is 9. The summed E-state index contributed by atoms with van der Waals surface area (Å²) < 4.78 is 39.7. The first-order valence-corrected chi connectivity index (χ1v) is 10.8. The van der Waals surface area contributed by atoms with Crippen LogP contribution >= 0.6 is 0 Å². The zero-order valence-electron chi connectivity index (χ0n) is 16.8. The average molecular weight is 454 g/mol. The lowest BCUT2D eigenvalue weighted by atomic mass is 10.2. The second-order valence-electron chi connectivity index (χ2n) is 6.25. The third-order valence-electron chi connectivity index (χ3n) is 4.11. The van der Waals surface area contributed by atoms with Crippen LogP contribution in [0.3, 0.4) is 0 Å². The Bertz CT molecular complexity index is 1150. The second kappa shape index (κ2) is 9.42. The Morgan fingerprint density at radius 2 is 1.58 bits per heavy atom. The number of anilines is 2. The number of nitrogens with zero attached hydrogens (tertiary/aromatic N) is 5. The van der Waals surface area contributed by atoms with Crippen molar-refractivity contribution in [2.75, 3.05) is 29.0 Å². The number of nitrogens with one attached hydrogen (secondary N) is 1. The van der Waals surface area contributed by atoms with Crippen LogP contribution in [0.4, 0.5) is 38.5 Å². The molecule has 2 aromatic rings. The van der Waals surface area contributed by atoms with Gasteiger partial charge in [-0.2, -0.15) is 4.39 Å². The number of nitro groups is 2. The molecule has 0 atom stereocenters. The van der Waals surface area contributed by atoms with E-state index in [0.717, 1.165) is 6.26 Å². The molecule has 0 saturated heterocycles. The molecule has 0 fully saturated rings. The van der Waals surface area contributed by atoms with Gasteiger partial charge in [0.25, 0.3) is 0 Å². The lowest BCUT2D eigenvalue weighted by Crippen LogP contribution is -2.22. The van der Waals surface area contributed by atoms with Crippen LogP contribution in [0.15, 0.2) is 40.6 Å². The van der Waals surface area contributed by atoms with Crippen LogP contribution in [0.2, 0.25) is 0 Å². The SMILES string of the molecule is CCN(CC)c1ccc(/N=N/c2cc(F)c([N+](=O)[O-])cc2[N+](=O)[O-])c(NS(C)(=O)=O)c1. The van der Waals surface area contributed by atoms with E-state index in [1.807, 2.05) is 18.7 Å². The molecule has 2 rings (SSSR count). The van der Waals surface area contributed by atoms with E-state index in [9.17, 15) is 33.0 Å². The van der Waals surface area contributed by atoms with Crippen molar-refractivity contribution in [3.63, 3.8) is 0 Å². The van der Waals surface area contributed by atoms with Crippen molar-refractivity contribution in [3.05, 3.63) is 56.4 Å². The summed E-state index contributed by atoms with van der Waals surface area (Å²) in [5.74, 6) is -1.32. The van der Waals surface area contributed by atoms with Crippen LogP contribution in [0, 0.1) is 26.0 Å². The molecule has 1 N–H and O–H groups in total. The molecule has 0 bridgehead atoms. The monoisotopic (exact) mass is 454 g/mol. The number of azo groups is 1. The molecule has 0 aliphatic heterocycles. The largest absolute Gasteiger partial charge is 0.372 e. The fourth-order valence-corrected chi connectivity index (χ4v) is 3.26. The normalized spacial score (nSPS) is 11.5. The zero-order chi connectivity index (χ0) is 23.3. The van der Waals surface area contributed by atoms with Crippen LogP contribution in [-0.2, 0) is 10.0 Å². The maximum Gasteiger partial charge on any atom is 0.311 e. The van der Waals surface area contributed by atoms with E-state index in [0.29, 0.717) is 30.9 Å². The highest BCUT2D eigenvalue weighted by Gasteiger charge is 2.25. The molecule has 0 aliphatic carbocycles. The molecule has 2 aromatic carbocycles. The lowest BCUT2D eigenvalue weighted by molar-refractivity contribution is -0.395. The van der Waals surface area contributed by atoms with Gasteiger partial charge in [0, 0.05) is 24.8 Å². The molecule has 0 amide bonds. The summed E-state index contributed by atoms with van der Waals surface area (Å²) in [5.41, 5.74) is -1.70. The lowest BCUT2D eigenvalue weighted by Gasteiger charge is -2.22. The number of nitro benzene ring substituents is 2. The van der Waals surface area contributed by atoms with E-state index >= 15 is 0 Å². The molecule has 0 aromatic heterocycles. The Balaban J connectivity index is 2.58. The molecule has 0 spiro atoms. The topological polar surface area (TPSA) is 160 Å². The first kappa shape index (κ1) is 23.6. The van der Waals surface area contributed by atoms with Gasteiger partial charge in [-0.3, -0.25) is 25.0 Å². The smallest absolute Gasteiger partial charge is 0.311 e. The van der Waals surface area contributed by atoms with Gasteiger partial charge in [0.2, 0.25) is 15.8 Å². The first-order chi connectivity index (χ1) is 14.5. The molecular formula is C17H19FN6O6S. The molecule has 166 valence electrons. The highest BCUT2D eigenvalue weighted by atomic mass is 32.2. The maximum absolute atomic E-state index is 13.9. The molecule has 12 nitrogen and oxygen atoms in total. The molecular weight excluding hydrogens is 435 g/mol. The molecule has 31 heavy (non-hydrogen) atoms. The minimum Gasteiger partial charge on any atom is -0.372 e. The van der Waals surface area contributed by atoms with E-state index in [1.165, 1.54) is 12.1 Å². The van der Waals surface area contributed by atoms with Gasteiger partial charge >= 0.3 is 11.4 Å². The van der Waals surface area contributed by atoms with E-state index in [2.05, 4.69) is 15.0 Å². The van der Waals surface area contributed by atoms with E-state index in [1.54, 1.807) is 6.07 Å². The standard InChI is InChI=1S/C17H19FN6O6S/c1-4-22(5-2)11-6-7-13(14(8-11)21-31(3,29)30)19-20-15-9-12(18)16(23(25)26)10-17(15)24(27)28/h6-10,21H,4-5H2,1-3H3/b20-19+. The van der Waals surface area contributed by atoms with Crippen molar-refractivity contribution in [2.45, 2.75) is 13.8 Å². The van der Waals surface area contributed by atoms with Crippen LogP contribution in [0.1, 0.15) is 13.8 Å². The van der Waals surface area contributed by atoms with Gasteiger partial charge in [-0.25, -0.2) is 8.42 Å². The predicted molar refractivity (Wildman–Crippen MR) is 112 cm³/mol. The maximum atomic E-state index is 13.9. The minimum absolute atomic E-state index is 0.00869. The first-order valence-electron chi connectivity index (χ1n) is 8.87. The Labute approximate surface area is 176 Å². The van der Waals surface area contributed by atoms with Crippen molar-refractivity contribution in [1.29, 1.82) is 0 Å². The Morgan fingerprint density at radius 1 is 1.00 bits per heavy atom. The summed E-state index contributed by atoms with van der Waals surface area (Å²) in [6.45, 7) is 5.15. The van der Waals surface area contributed by atoms with Crippen molar-refractivity contribution in [2.24, 2.45) is 10.2 Å². The van der Waals surface area contributed by atoms with Crippen LogP contribution < -0.4 is 9.62 Å². The minimum atomic E-state index is -3.70. The second-order valence-corrected chi connectivity index (χ2v) is 8.00. The van der Waals surface area contributed by atoms with E-state index in [4.69, 9.17) is 0 Å². The van der Waals surface area contributed by atoms with Crippen LogP contribution in [0.5, 0.6) is 0 Å². The van der Waals surface area contributed by atoms with Crippen LogP contribution in [0.25, 0.3) is 0 Å². The number of halogens is 1. The van der Waals surface area contributed by atoms with Gasteiger partial charge < -0.3 is 4.90 Å². The van der Waals surface area contributed by atoms with Gasteiger partial charge in [-0.05, 0) is 32.0 Å². The third-order valence-corrected chi connectivity index (χ3v) is 4.70. The molecule has 0 unspecified atom stereocenters. The number of sulfonamides is 1. The molecule has 0 saturated carbocycles. The number of rotatable bonds is 9. The number of hydrogen-bond donors (Lipinski definition) is 1. The summed E-state index contributed by atoms with van der Waals surface area (Å²) in [7, 11) is -3.70. The summed E-state index contributed by atoms with van der Waals surface area (Å²) in [6, 6.07) is 5.58. The highest BCUT2D eigenvalue weighted by molar-refractivity contribution is 7.92. The Morgan fingerprint density at radius 3 is 2.10 bits per heavy atom. The van der Waals surface area contributed by atoms with Gasteiger partial charge in [-0.15, -0.1) is 10.2 Å². The van der Waals surface area contributed by atoms with Crippen molar-refractivity contribution >= 4 is 44.1 Å². The fraction of sp³-hybridized carbons (Fsp3) is 0.294. The number of benzene rings is 2. The van der Waals surface area contributed by atoms with E-state index in [-0.39, 0.29) is 11.4 Å². The predicted octanol–water partition coefficient (Wildman–Crippen LogP) is 4.28. The highest BCUT2D eigenvalue weighted by Crippen LogP contribution is 2.37. The van der Waals surface area contributed by atoms with Gasteiger partial charge in [0.1, 0.15) is 5.69 Å². The Kier molecular flexibility index (Phi) is 7.17. The molecule has 0 heterocycles. The average Bonchev–Trinajstić information content (AvgIpc) is 2.66. The summed E-state index contributed by atoms with van der Waals surface area (Å²) in [5, 5.41) is 29.5. The van der Waals surface area contributed by atoms with Gasteiger partial charge in [0.05, 0.1) is 27.9 Å². The Hall–Kier alpha value is -3.68. The van der Waals surface area contributed by atoms with Gasteiger partial charge in [-0.1, -0.05) is 0 Å². The zero-order valence-corrected chi connectivity index (χ0v) is 17.6. The molecule has 0 aliphatic rings. The molecule has 0 radical (unpaired) electrons. The third kappa shape index (κ3) is 5.91. The van der Waals surface area contributed by atoms with Crippen molar-refractivity contribution < 1.29 is 22.7 Å². The van der Waals surface area contributed by atoms with Crippen molar-refractivity contribution in [1.82, 2.24) is 0 Å². The molecule has 14 heteroatoms. The van der Waals surface area contributed by atoms with Crippen LogP contribution in [-0.4, -0.2) is 37.6 Å². The quantitative estimate of drug-likeness (QED) is 0.336.